The lowest BCUT2D eigenvalue weighted by Gasteiger charge is -2.46. The average molecular weight is 655 g/mol. The van der Waals surface area contributed by atoms with Crippen molar-refractivity contribution in [2.75, 3.05) is 69.0 Å². The van der Waals surface area contributed by atoms with Crippen LogP contribution in [0.25, 0.3) is 11.3 Å². The summed E-state index contributed by atoms with van der Waals surface area (Å²) in [5, 5.41) is 12.7. The zero-order valence-electron chi connectivity index (χ0n) is 26.6. The number of hydrogen-bond donors (Lipinski definition) is 3. The van der Waals surface area contributed by atoms with Gasteiger partial charge in [0.05, 0.1) is 44.3 Å². The number of halogens is 2. The summed E-state index contributed by atoms with van der Waals surface area (Å²) >= 11 is 0. The van der Waals surface area contributed by atoms with Gasteiger partial charge in [0.15, 0.2) is 6.10 Å². The van der Waals surface area contributed by atoms with Gasteiger partial charge in [-0.15, -0.1) is 0 Å². The van der Waals surface area contributed by atoms with Crippen LogP contribution in [-0.2, 0) is 9.53 Å². The maximum atomic E-state index is 14.9. The molecule has 1 unspecified atom stereocenters. The maximum absolute atomic E-state index is 14.9. The summed E-state index contributed by atoms with van der Waals surface area (Å²) in [5.74, 6) is -2.43. The van der Waals surface area contributed by atoms with E-state index in [0.29, 0.717) is 34.8 Å². The van der Waals surface area contributed by atoms with Crippen LogP contribution in [0.15, 0.2) is 42.7 Å². The van der Waals surface area contributed by atoms with Crippen molar-refractivity contribution in [3.63, 3.8) is 0 Å². The number of benzene rings is 1. The molecule has 0 spiro atoms. The fourth-order valence-corrected chi connectivity index (χ4v) is 6.18. The van der Waals surface area contributed by atoms with E-state index in [2.05, 4.69) is 32.0 Å². The molecule has 2 aromatic heterocycles. The van der Waals surface area contributed by atoms with Crippen LogP contribution in [0, 0.1) is 0 Å². The van der Waals surface area contributed by atoms with Crippen molar-refractivity contribution >= 4 is 28.9 Å². The molecule has 0 bridgehead atoms. The highest BCUT2D eigenvalue weighted by Gasteiger charge is 2.48. The number of piperazine rings is 1. The minimum Gasteiger partial charge on any atom is -0.482 e. The molecule has 6 rings (SSSR count). The number of hydrogen-bond acceptors (Lipinski definition) is 12. The Morgan fingerprint density at radius 3 is 2.62 bits per heavy atom. The van der Waals surface area contributed by atoms with Gasteiger partial charge in [-0.05, 0) is 44.2 Å². The van der Waals surface area contributed by atoms with E-state index in [0.717, 1.165) is 43.4 Å². The van der Waals surface area contributed by atoms with Crippen molar-refractivity contribution in [3.05, 3.63) is 42.7 Å². The number of aliphatic hydroxyl groups excluding tert-OH is 1. The summed E-state index contributed by atoms with van der Waals surface area (Å²) in [6, 6.07) is 11.2. The van der Waals surface area contributed by atoms with Crippen LogP contribution >= 0.6 is 0 Å². The zero-order valence-corrected chi connectivity index (χ0v) is 26.6. The molecule has 3 aliphatic rings. The zero-order chi connectivity index (χ0) is 33.3. The quantitative estimate of drug-likeness (QED) is 0.291. The smallest absolute Gasteiger partial charge is 0.301 e. The number of ether oxygens (including phenoxy) is 3. The Balaban J connectivity index is 1.11. The average Bonchev–Trinajstić information content (AvgIpc) is 3.01. The number of amides is 1. The molecule has 3 aliphatic heterocycles. The normalized spacial score (nSPS) is 22.3. The summed E-state index contributed by atoms with van der Waals surface area (Å²) in [4.78, 5) is 31.1. The third-order valence-electron chi connectivity index (χ3n) is 8.84. The topological polar surface area (TPSA) is 151 Å². The predicted molar refractivity (Wildman–Crippen MR) is 171 cm³/mol. The molecule has 0 radical (unpaired) electrons. The molecule has 1 amide bonds. The number of likely N-dealkylation sites (tertiary alicyclic amines) is 1. The standard InChI is InChI=1S/C32H40F2N8O5/c1-19-14-40(22-15-46-16-22)10-11-42(19)25-5-7-28(39-30(25)45-3)38-29-13-24(36-18-37-29)21-4-6-26(23(35)12-21)47-27-8-9-41(17-32(27,33)34)31(44)20(2)43/h4-7,12-13,18-20,22,27,43H,8-11,14-17,35H2,1-3H3,(H,36,37,38,39)/t19-,20+,27?/m1/s1. The fourth-order valence-electron chi connectivity index (χ4n) is 6.18. The van der Waals surface area contributed by atoms with Crippen molar-refractivity contribution in [3.8, 4) is 22.9 Å². The third-order valence-corrected chi connectivity index (χ3v) is 8.84. The van der Waals surface area contributed by atoms with E-state index in [9.17, 15) is 18.7 Å². The number of carbonyl (C=O) groups is 1. The first-order valence-electron chi connectivity index (χ1n) is 15.7. The monoisotopic (exact) mass is 654 g/mol. The van der Waals surface area contributed by atoms with Crippen molar-refractivity contribution in [1.82, 2.24) is 24.8 Å². The van der Waals surface area contributed by atoms with Crippen molar-refractivity contribution in [2.24, 2.45) is 0 Å². The Morgan fingerprint density at radius 1 is 1.15 bits per heavy atom. The van der Waals surface area contributed by atoms with Gasteiger partial charge < -0.3 is 40.2 Å². The number of anilines is 4. The number of nitrogens with two attached hydrogens (primary N) is 1. The van der Waals surface area contributed by atoms with Gasteiger partial charge in [-0.25, -0.2) is 18.7 Å². The van der Waals surface area contributed by atoms with E-state index in [4.69, 9.17) is 24.9 Å². The number of nitrogens with one attached hydrogen (secondary N) is 1. The van der Waals surface area contributed by atoms with Gasteiger partial charge in [0.25, 0.3) is 5.91 Å². The number of carbonyl (C=O) groups excluding carboxylic acids is 1. The molecular weight excluding hydrogens is 614 g/mol. The number of piperidine rings is 1. The SMILES string of the molecule is COc1nc(Nc2cc(-c3ccc(OC4CCN(C(=O)[C@H](C)O)CC4(F)F)c(N)c3)ncn2)ccc1N1CCN(C2COC2)C[C@H]1C. The molecule has 1 aromatic carbocycles. The van der Waals surface area contributed by atoms with E-state index in [-0.39, 0.29) is 30.4 Å². The van der Waals surface area contributed by atoms with Crippen molar-refractivity contribution < 1.29 is 32.9 Å². The van der Waals surface area contributed by atoms with Crippen LogP contribution < -0.4 is 25.4 Å². The van der Waals surface area contributed by atoms with Gasteiger partial charge in [-0.1, -0.05) is 0 Å². The van der Waals surface area contributed by atoms with Crippen LogP contribution in [0.5, 0.6) is 11.6 Å². The summed E-state index contributed by atoms with van der Waals surface area (Å²) in [7, 11) is 1.60. The number of nitrogen functional groups attached to an aromatic ring is 1. The molecule has 0 aliphatic carbocycles. The van der Waals surface area contributed by atoms with E-state index in [1.54, 1.807) is 25.3 Å². The highest BCUT2D eigenvalue weighted by Crippen LogP contribution is 2.36. The van der Waals surface area contributed by atoms with Gasteiger partial charge in [0.2, 0.25) is 5.88 Å². The van der Waals surface area contributed by atoms with E-state index in [1.807, 2.05) is 12.1 Å². The summed E-state index contributed by atoms with van der Waals surface area (Å²) in [5.41, 5.74) is 8.49. The number of rotatable bonds is 9. The molecule has 47 heavy (non-hydrogen) atoms. The Labute approximate surface area is 271 Å². The van der Waals surface area contributed by atoms with E-state index < -0.39 is 30.6 Å². The number of aromatic nitrogens is 3. The minimum absolute atomic E-state index is 0.0365. The van der Waals surface area contributed by atoms with Crippen LogP contribution in [0.4, 0.5) is 31.8 Å². The van der Waals surface area contributed by atoms with Crippen molar-refractivity contribution in [1.29, 1.82) is 0 Å². The predicted octanol–water partition coefficient (Wildman–Crippen LogP) is 2.78. The minimum atomic E-state index is -3.32. The molecule has 13 nitrogen and oxygen atoms in total. The van der Waals surface area contributed by atoms with Gasteiger partial charge >= 0.3 is 5.92 Å². The molecular formula is C32H40F2N8O5. The third kappa shape index (κ3) is 7.01. The molecule has 252 valence electrons. The molecule has 0 saturated carbocycles. The lowest BCUT2D eigenvalue weighted by atomic mass is 10.0. The first kappa shape index (κ1) is 32.6. The molecule has 3 fully saturated rings. The number of nitrogens with zero attached hydrogens (tertiary/aromatic N) is 6. The second-order valence-electron chi connectivity index (χ2n) is 12.2. The number of alkyl halides is 2. The number of methoxy groups -OCH3 is 1. The fraction of sp³-hybridized carbons (Fsp3) is 0.500. The molecule has 3 atom stereocenters. The second-order valence-corrected chi connectivity index (χ2v) is 12.2. The number of pyridine rings is 1. The molecule has 3 saturated heterocycles. The van der Waals surface area contributed by atoms with Gasteiger partial charge in [-0.2, -0.15) is 4.98 Å². The van der Waals surface area contributed by atoms with E-state index >= 15 is 0 Å². The van der Waals surface area contributed by atoms with Gasteiger partial charge in [0, 0.05) is 50.3 Å². The molecule has 15 heteroatoms. The Bertz CT molecular complexity index is 1590. The van der Waals surface area contributed by atoms with Crippen LogP contribution in [0.1, 0.15) is 20.3 Å². The Hall–Kier alpha value is -4.34. The maximum Gasteiger partial charge on any atom is 0.301 e. The lowest BCUT2D eigenvalue weighted by Crippen LogP contribution is -2.59. The van der Waals surface area contributed by atoms with E-state index in [1.165, 1.54) is 19.3 Å². The second kappa shape index (κ2) is 13.4. The highest BCUT2D eigenvalue weighted by molar-refractivity contribution is 5.80. The molecule has 5 heterocycles. The van der Waals surface area contributed by atoms with Gasteiger partial charge in [0.1, 0.15) is 35.5 Å². The first-order valence-corrected chi connectivity index (χ1v) is 15.7. The molecule has 4 N–H and O–H groups in total. The summed E-state index contributed by atoms with van der Waals surface area (Å²) < 4.78 is 46.4. The summed E-state index contributed by atoms with van der Waals surface area (Å²) in [6.07, 6.45) is -1.54. The lowest BCUT2D eigenvalue weighted by molar-refractivity contribution is -0.165. The van der Waals surface area contributed by atoms with Crippen LogP contribution in [-0.4, -0.2) is 119 Å². The number of aliphatic hydroxyl groups is 1. The Morgan fingerprint density at radius 2 is 1.96 bits per heavy atom. The first-order chi connectivity index (χ1) is 22.5. The largest absolute Gasteiger partial charge is 0.482 e. The van der Waals surface area contributed by atoms with Crippen LogP contribution in [0.2, 0.25) is 0 Å². The summed E-state index contributed by atoms with van der Waals surface area (Å²) in [6.45, 7) is 7.00. The Kier molecular flexibility index (Phi) is 9.30. The van der Waals surface area contributed by atoms with Gasteiger partial charge in [-0.3, -0.25) is 9.69 Å². The molecule has 3 aromatic rings. The van der Waals surface area contributed by atoms with Crippen molar-refractivity contribution in [2.45, 2.75) is 50.5 Å². The van der Waals surface area contributed by atoms with Crippen LogP contribution in [0.3, 0.4) is 0 Å². The highest BCUT2D eigenvalue weighted by atomic mass is 19.3.